The zero-order valence-electron chi connectivity index (χ0n) is 14.5. The first-order chi connectivity index (χ1) is 12.1. The van der Waals surface area contributed by atoms with Crippen LogP contribution in [-0.4, -0.2) is 46.0 Å². The number of nitrogens with zero attached hydrogens (tertiary/aromatic N) is 3. The normalized spacial score (nSPS) is 18.0. The molecular formula is C19H24N4O2. The van der Waals surface area contributed by atoms with Gasteiger partial charge in [0.25, 0.3) is 0 Å². The number of hydrogen-bond donors (Lipinski definition) is 1. The minimum atomic E-state index is -0.0656. The van der Waals surface area contributed by atoms with Crippen LogP contribution in [0.25, 0.3) is 0 Å². The van der Waals surface area contributed by atoms with E-state index in [4.69, 9.17) is 0 Å². The van der Waals surface area contributed by atoms with Gasteiger partial charge in [-0.15, -0.1) is 0 Å². The van der Waals surface area contributed by atoms with Crippen molar-refractivity contribution in [1.29, 1.82) is 0 Å². The fourth-order valence-electron chi connectivity index (χ4n) is 3.29. The highest BCUT2D eigenvalue weighted by molar-refractivity contribution is 5.92. The molecule has 2 aromatic rings. The standard InChI is InChI=1S/C19H24N4O2/c1-22-13-17(11-20-22)21-19(25)14-23-9-5-8-16(12-23)18(24)10-15-6-3-2-4-7-15/h2-4,6-7,11,13,16H,5,8-10,12,14H2,1H3,(H,21,25)/t16-/m0/s1. The summed E-state index contributed by atoms with van der Waals surface area (Å²) in [6.07, 6.45) is 5.72. The molecule has 25 heavy (non-hydrogen) atoms. The summed E-state index contributed by atoms with van der Waals surface area (Å²) in [4.78, 5) is 26.8. The van der Waals surface area contributed by atoms with E-state index >= 15 is 0 Å². The number of aromatic nitrogens is 2. The molecule has 1 saturated heterocycles. The quantitative estimate of drug-likeness (QED) is 0.872. The molecule has 0 saturated carbocycles. The molecule has 2 heterocycles. The maximum absolute atomic E-state index is 12.6. The van der Waals surface area contributed by atoms with E-state index < -0.39 is 0 Å². The van der Waals surface area contributed by atoms with Crippen molar-refractivity contribution in [2.45, 2.75) is 19.3 Å². The summed E-state index contributed by atoms with van der Waals surface area (Å²) in [5.41, 5.74) is 1.75. The highest BCUT2D eigenvalue weighted by Gasteiger charge is 2.26. The van der Waals surface area contributed by atoms with Gasteiger partial charge < -0.3 is 5.32 Å². The monoisotopic (exact) mass is 340 g/mol. The van der Waals surface area contributed by atoms with Gasteiger partial charge in [-0.2, -0.15) is 5.10 Å². The van der Waals surface area contributed by atoms with Crippen molar-refractivity contribution in [3.63, 3.8) is 0 Å². The van der Waals surface area contributed by atoms with Gasteiger partial charge in [-0.05, 0) is 24.9 Å². The van der Waals surface area contributed by atoms with E-state index in [9.17, 15) is 9.59 Å². The topological polar surface area (TPSA) is 67.2 Å². The summed E-state index contributed by atoms with van der Waals surface area (Å²) >= 11 is 0. The lowest BCUT2D eigenvalue weighted by Crippen LogP contribution is -2.42. The van der Waals surface area contributed by atoms with Gasteiger partial charge in [0.05, 0.1) is 18.4 Å². The molecule has 0 unspecified atom stereocenters. The maximum Gasteiger partial charge on any atom is 0.238 e. The second-order valence-corrected chi connectivity index (χ2v) is 6.65. The van der Waals surface area contributed by atoms with Crippen LogP contribution >= 0.6 is 0 Å². The summed E-state index contributed by atoms with van der Waals surface area (Å²) in [6, 6.07) is 9.84. The zero-order chi connectivity index (χ0) is 17.6. The number of amides is 1. The van der Waals surface area contributed by atoms with Crippen LogP contribution in [0.1, 0.15) is 18.4 Å². The second kappa shape index (κ2) is 8.07. The lowest BCUT2D eigenvalue weighted by molar-refractivity contribution is -0.125. The van der Waals surface area contributed by atoms with Crippen LogP contribution in [-0.2, 0) is 23.1 Å². The van der Waals surface area contributed by atoms with Crippen molar-refractivity contribution in [1.82, 2.24) is 14.7 Å². The molecule has 0 radical (unpaired) electrons. The number of piperidine rings is 1. The number of rotatable bonds is 6. The number of nitrogens with one attached hydrogen (secondary N) is 1. The molecule has 1 aliphatic rings. The molecule has 132 valence electrons. The van der Waals surface area contributed by atoms with Crippen molar-refractivity contribution in [3.8, 4) is 0 Å². The summed E-state index contributed by atoms with van der Waals surface area (Å²) in [7, 11) is 1.81. The zero-order valence-corrected chi connectivity index (χ0v) is 14.5. The van der Waals surface area contributed by atoms with Gasteiger partial charge in [0, 0.05) is 32.1 Å². The van der Waals surface area contributed by atoms with Gasteiger partial charge in [-0.3, -0.25) is 19.2 Å². The first-order valence-corrected chi connectivity index (χ1v) is 8.67. The van der Waals surface area contributed by atoms with Gasteiger partial charge in [0.2, 0.25) is 5.91 Å². The van der Waals surface area contributed by atoms with Crippen molar-refractivity contribution >= 4 is 17.4 Å². The third kappa shape index (κ3) is 5.00. The van der Waals surface area contributed by atoms with E-state index in [-0.39, 0.29) is 17.6 Å². The number of benzene rings is 1. The Bertz CT molecular complexity index is 726. The molecule has 6 heteroatoms. The molecule has 1 N–H and O–H groups in total. The Labute approximate surface area is 147 Å². The highest BCUT2D eigenvalue weighted by atomic mass is 16.2. The van der Waals surface area contributed by atoms with Crippen LogP contribution in [0, 0.1) is 5.92 Å². The molecule has 1 aromatic heterocycles. The minimum Gasteiger partial charge on any atom is -0.322 e. The minimum absolute atomic E-state index is 0.0140. The van der Waals surface area contributed by atoms with E-state index in [0.717, 1.165) is 24.9 Å². The Hall–Kier alpha value is -2.47. The smallest absolute Gasteiger partial charge is 0.238 e. The first-order valence-electron chi connectivity index (χ1n) is 8.67. The molecule has 1 fully saturated rings. The SMILES string of the molecule is Cn1cc(NC(=O)CN2CCC[C@H](C(=O)Cc3ccccc3)C2)cn1. The number of anilines is 1. The predicted molar refractivity (Wildman–Crippen MR) is 96.2 cm³/mol. The number of Topliss-reactive ketones (excluding diaryl/α,β-unsaturated/α-hetero) is 1. The Kier molecular flexibility index (Phi) is 5.60. The van der Waals surface area contributed by atoms with E-state index in [1.165, 1.54) is 0 Å². The van der Waals surface area contributed by atoms with Gasteiger partial charge >= 0.3 is 0 Å². The van der Waals surface area contributed by atoms with Crippen LogP contribution in [0.3, 0.4) is 0 Å². The number of ketones is 1. The third-order valence-electron chi connectivity index (χ3n) is 4.54. The number of aryl methyl sites for hydroxylation is 1. The van der Waals surface area contributed by atoms with Crippen molar-refractivity contribution in [2.24, 2.45) is 13.0 Å². The summed E-state index contributed by atoms with van der Waals surface area (Å²) in [5.74, 6) is 0.216. The van der Waals surface area contributed by atoms with Gasteiger partial charge in [-0.1, -0.05) is 30.3 Å². The summed E-state index contributed by atoms with van der Waals surface area (Å²) < 4.78 is 1.65. The molecule has 0 bridgehead atoms. The Morgan fingerprint density at radius 3 is 2.80 bits per heavy atom. The second-order valence-electron chi connectivity index (χ2n) is 6.65. The van der Waals surface area contributed by atoms with Crippen LogP contribution < -0.4 is 5.32 Å². The predicted octanol–water partition coefficient (Wildman–Crippen LogP) is 1.88. The van der Waals surface area contributed by atoms with Gasteiger partial charge in [0.1, 0.15) is 5.78 Å². The molecule has 1 aliphatic heterocycles. The third-order valence-corrected chi connectivity index (χ3v) is 4.54. The number of carbonyl (C=O) groups excluding carboxylic acids is 2. The maximum atomic E-state index is 12.6. The van der Waals surface area contributed by atoms with Crippen molar-refractivity contribution < 1.29 is 9.59 Å². The van der Waals surface area contributed by atoms with E-state index in [1.54, 1.807) is 17.1 Å². The molecule has 1 amide bonds. The number of likely N-dealkylation sites (tertiary alicyclic amines) is 1. The number of hydrogen-bond acceptors (Lipinski definition) is 4. The molecule has 0 aliphatic carbocycles. The van der Waals surface area contributed by atoms with Crippen LogP contribution in [0.2, 0.25) is 0 Å². The summed E-state index contributed by atoms with van der Waals surface area (Å²) in [6.45, 7) is 1.83. The van der Waals surface area contributed by atoms with Crippen molar-refractivity contribution in [3.05, 3.63) is 48.3 Å². The van der Waals surface area contributed by atoms with Gasteiger partial charge in [-0.25, -0.2) is 0 Å². The highest BCUT2D eigenvalue weighted by Crippen LogP contribution is 2.19. The lowest BCUT2D eigenvalue weighted by Gasteiger charge is -2.31. The number of carbonyl (C=O) groups is 2. The average Bonchev–Trinajstić information content (AvgIpc) is 3.00. The van der Waals surface area contributed by atoms with Crippen LogP contribution in [0.15, 0.2) is 42.7 Å². The molecule has 3 rings (SSSR count). The lowest BCUT2D eigenvalue weighted by atomic mass is 9.90. The molecular weight excluding hydrogens is 316 g/mol. The average molecular weight is 340 g/mol. The first kappa shape index (κ1) is 17.4. The van der Waals surface area contributed by atoms with Crippen LogP contribution in [0.4, 0.5) is 5.69 Å². The Morgan fingerprint density at radius 2 is 2.08 bits per heavy atom. The molecule has 6 nitrogen and oxygen atoms in total. The van der Waals surface area contributed by atoms with E-state index in [0.29, 0.717) is 25.2 Å². The Balaban J connectivity index is 1.50. The van der Waals surface area contributed by atoms with Gasteiger partial charge in [0.15, 0.2) is 0 Å². The molecule has 1 aromatic carbocycles. The summed E-state index contributed by atoms with van der Waals surface area (Å²) in [5, 5.41) is 6.88. The largest absolute Gasteiger partial charge is 0.322 e. The van der Waals surface area contributed by atoms with Crippen LogP contribution in [0.5, 0.6) is 0 Å². The fourth-order valence-corrected chi connectivity index (χ4v) is 3.29. The van der Waals surface area contributed by atoms with Crippen molar-refractivity contribution in [2.75, 3.05) is 25.0 Å². The van der Waals surface area contributed by atoms with E-state index in [2.05, 4.69) is 15.3 Å². The molecule has 1 atom stereocenters. The Morgan fingerprint density at radius 1 is 1.28 bits per heavy atom. The fraction of sp³-hybridized carbons (Fsp3) is 0.421. The van der Waals surface area contributed by atoms with E-state index in [1.807, 2.05) is 37.4 Å². The molecule has 0 spiro atoms.